The second-order valence-electron chi connectivity index (χ2n) is 4.75. The average molecular weight is 367 g/mol. The van der Waals surface area contributed by atoms with Crippen molar-refractivity contribution in [1.29, 1.82) is 5.41 Å². The van der Waals surface area contributed by atoms with E-state index in [1.807, 2.05) is 20.8 Å². The van der Waals surface area contributed by atoms with Gasteiger partial charge in [-0.2, -0.15) is 13.2 Å². The van der Waals surface area contributed by atoms with E-state index in [1.54, 1.807) is 0 Å². The van der Waals surface area contributed by atoms with E-state index < -0.39 is 11.7 Å². The normalized spacial score (nSPS) is 10.6. The zero-order valence-corrected chi connectivity index (χ0v) is 14.9. The Bertz CT molecular complexity index is 671. The first kappa shape index (κ1) is 22.2. The zero-order chi connectivity index (χ0) is 17.6. The van der Waals surface area contributed by atoms with Crippen molar-refractivity contribution < 1.29 is 17.9 Å². The molecular formula is C15H22ClF3N4O. The highest BCUT2D eigenvalue weighted by Crippen LogP contribution is 2.33. The van der Waals surface area contributed by atoms with Crippen molar-refractivity contribution in [3.8, 4) is 0 Å². The van der Waals surface area contributed by atoms with Crippen LogP contribution in [0.5, 0.6) is 0 Å². The van der Waals surface area contributed by atoms with E-state index in [-0.39, 0.29) is 23.6 Å². The fraction of sp³-hybridized carbons (Fsp3) is 0.533. The average Bonchev–Trinajstić information content (AvgIpc) is 2.88. The van der Waals surface area contributed by atoms with E-state index in [9.17, 15) is 13.2 Å². The number of aromatic nitrogens is 3. The maximum Gasteiger partial charge on any atom is 0.418 e. The van der Waals surface area contributed by atoms with Gasteiger partial charge in [0.2, 0.25) is 0 Å². The van der Waals surface area contributed by atoms with Gasteiger partial charge in [-0.25, -0.2) is 9.97 Å². The quantitative estimate of drug-likeness (QED) is 0.611. The van der Waals surface area contributed by atoms with Crippen LogP contribution in [0.3, 0.4) is 0 Å². The molecule has 2 aromatic heterocycles. The fourth-order valence-electron chi connectivity index (χ4n) is 1.83. The van der Waals surface area contributed by atoms with Crippen LogP contribution in [0.1, 0.15) is 44.3 Å². The molecule has 2 N–H and O–H groups in total. The van der Waals surface area contributed by atoms with Gasteiger partial charge in [-0.15, -0.1) is 12.4 Å². The summed E-state index contributed by atoms with van der Waals surface area (Å²) in [5.74, 6) is 0.890. The lowest BCUT2D eigenvalue weighted by Gasteiger charge is -2.07. The van der Waals surface area contributed by atoms with Crippen LogP contribution in [0, 0.1) is 12.3 Å². The molecule has 0 atom stereocenters. The molecule has 0 bridgehead atoms. The molecule has 0 amide bonds. The lowest BCUT2D eigenvalue weighted by molar-refractivity contribution is -0.136. The Morgan fingerprint density at radius 2 is 1.88 bits per heavy atom. The molecule has 0 aliphatic heterocycles. The number of H-pyrrole nitrogens is 1. The van der Waals surface area contributed by atoms with Gasteiger partial charge < -0.3 is 9.72 Å². The maximum absolute atomic E-state index is 12.7. The van der Waals surface area contributed by atoms with E-state index >= 15 is 0 Å². The van der Waals surface area contributed by atoms with Crippen LogP contribution in [-0.2, 0) is 17.3 Å². The first-order chi connectivity index (χ1) is 10.7. The molecule has 5 nitrogen and oxygen atoms in total. The summed E-state index contributed by atoms with van der Waals surface area (Å²) in [6.45, 7) is 7.74. The number of hydrogen-bond donors (Lipinski definition) is 2. The van der Waals surface area contributed by atoms with Gasteiger partial charge in [0.15, 0.2) is 11.5 Å². The van der Waals surface area contributed by atoms with Crippen LogP contribution >= 0.6 is 12.4 Å². The number of pyridine rings is 1. The maximum atomic E-state index is 12.7. The van der Waals surface area contributed by atoms with Gasteiger partial charge in [0.05, 0.1) is 17.7 Å². The molecule has 0 radical (unpaired) electrons. The molecule has 24 heavy (non-hydrogen) atoms. The predicted octanol–water partition coefficient (Wildman–Crippen LogP) is 4.68. The minimum Gasteiger partial charge on any atom is -0.481 e. The highest BCUT2D eigenvalue weighted by Gasteiger charge is 2.34. The summed E-state index contributed by atoms with van der Waals surface area (Å²) < 4.78 is 43.0. The molecule has 2 rings (SSSR count). The second-order valence-corrected chi connectivity index (χ2v) is 4.75. The molecule has 0 aliphatic rings. The van der Waals surface area contributed by atoms with Crippen molar-refractivity contribution in [3.63, 3.8) is 0 Å². The standard InChI is InChI=1S/C10H10F3N3.C5H11NO.ClH/c1-3-7-15-8-6(10(11,12)13)4-5(2)14-9(8)16-7;1-3-5(6)7-4-2;/h4H,3H2,1-2H3,(H,14,15,16);6H,3-4H2,1-2H3;1H. The van der Waals surface area contributed by atoms with E-state index in [0.29, 0.717) is 36.9 Å². The Balaban J connectivity index is 0.000000570. The molecule has 0 saturated heterocycles. The minimum absolute atomic E-state index is 0. The van der Waals surface area contributed by atoms with Crippen LogP contribution in [-0.4, -0.2) is 27.5 Å². The van der Waals surface area contributed by atoms with Crippen LogP contribution < -0.4 is 0 Å². The monoisotopic (exact) mass is 366 g/mol. The molecule has 0 saturated carbocycles. The molecule has 0 fully saturated rings. The number of imidazole rings is 1. The molecule has 0 spiro atoms. The molecule has 2 aromatic rings. The summed E-state index contributed by atoms with van der Waals surface area (Å²) >= 11 is 0. The Kier molecular flexibility index (Phi) is 8.74. The van der Waals surface area contributed by atoms with Gasteiger partial charge >= 0.3 is 6.18 Å². The summed E-state index contributed by atoms with van der Waals surface area (Å²) in [5, 5.41) is 6.92. The summed E-state index contributed by atoms with van der Waals surface area (Å²) in [5.41, 5.74) is -0.296. The molecular weight excluding hydrogens is 345 g/mol. The number of aromatic amines is 1. The van der Waals surface area contributed by atoms with Crippen molar-refractivity contribution >= 4 is 29.5 Å². The van der Waals surface area contributed by atoms with Crippen molar-refractivity contribution in [1.82, 2.24) is 15.0 Å². The zero-order valence-electron chi connectivity index (χ0n) is 14.0. The van der Waals surface area contributed by atoms with Gasteiger partial charge in [0, 0.05) is 18.5 Å². The predicted molar refractivity (Wildman–Crippen MR) is 89.9 cm³/mol. The molecule has 136 valence electrons. The fourth-order valence-corrected chi connectivity index (χ4v) is 1.83. The summed E-state index contributed by atoms with van der Waals surface area (Å²) in [6, 6.07) is 1.03. The van der Waals surface area contributed by atoms with Crippen molar-refractivity contribution in [2.24, 2.45) is 0 Å². The number of nitrogens with zero attached hydrogens (tertiary/aromatic N) is 2. The topological polar surface area (TPSA) is 74.7 Å². The first-order valence-corrected chi connectivity index (χ1v) is 7.36. The van der Waals surface area contributed by atoms with Crippen LogP contribution in [0.15, 0.2) is 6.07 Å². The Morgan fingerprint density at radius 3 is 2.29 bits per heavy atom. The van der Waals surface area contributed by atoms with Crippen LogP contribution in [0.2, 0.25) is 0 Å². The number of alkyl halides is 3. The molecule has 0 aromatic carbocycles. The lowest BCUT2D eigenvalue weighted by atomic mass is 10.2. The van der Waals surface area contributed by atoms with Crippen molar-refractivity contribution in [3.05, 3.63) is 23.1 Å². The highest BCUT2D eigenvalue weighted by atomic mass is 35.5. The third kappa shape index (κ3) is 5.99. The number of fused-ring (bicyclic) bond motifs is 1. The third-order valence-corrected chi connectivity index (χ3v) is 2.92. The summed E-state index contributed by atoms with van der Waals surface area (Å²) in [6.07, 6.45) is -3.13. The van der Waals surface area contributed by atoms with Gasteiger partial charge in [-0.1, -0.05) is 13.8 Å². The number of ether oxygens (including phenoxy) is 1. The molecule has 0 unspecified atom stereocenters. The van der Waals surface area contributed by atoms with Crippen LogP contribution in [0.25, 0.3) is 11.2 Å². The van der Waals surface area contributed by atoms with E-state index in [1.165, 1.54) is 6.92 Å². The first-order valence-electron chi connectivity index (χ1n) is 7.36. The summed E-state index contributed by atoms with van der Waals surface area (Å²) in [4.78, 5) is 10.6. The molecule has 9 heteroatoms. The van der Waals surface area contributed by atoms with E-state index in [2.05, 4.69) is 15.0 Å². The van der Waals surface area contributed by atoms with Gasteiger partial charge in [-0.05, 0) is 19.9 Å². The smallest absolute Gasteiger partial charge is 0.418 e. The SMILES string of the molecule is CCOC(=N)CC.CCc1nc2nc(C)cc(C(F)(F)F)c2[nH]1.Cl. The van der Waals surface area contributed by atoms with Crippen molar-refractivity contribution in [2.75, 3.05) is 6.61 Å². The van der Waals surface area contributed by atoms with Gasteiger partial charge in [-0.3, -0.25) is 5.41 Å². The molecule has 0 aliphatic carbocycles. The number of aryl methyl sites for hydroxylation is 2. The minimum atomic E-state index is -4.39. The third-order valence-electron chi connectivity index (χ3n) is 2.92. The van der Waals surface area contributed by atoms with E-state index in [4.69, 9.17) is 10.1 Å². The number of halogens is 4. The van der Waals surface area contributed by atoms with E-state index in [0.717, 1.165) is 6.07 Å². The number of nitrogens with one attached hydrogen (secondary N) is 2. The summed E-state index contributed by atoms with van der Waals surface area (Å²) in [7, 11) is 0. The Morgan fingerprint density at radius 1 is 1.25 bits per heavy atom. The number of rotatable bonds is 3. The molecule has 2 heterocycles. The highest BCUT2D eigenvalue weighted by molar-refractivity contribution is 5.85. The van der Waals surface area contributed by atoms with Crippen LogP contribution in [0.4, 0.5) is 13.2 Å². The largest absolute Gasteiger partial charge is 0.481 e. The Labute approximate surface area is 145 Å². The van der Waals surface area contributed by atoms with Crippen molar-refractivity contribution in [2.45, 2.75) is 46.7 Å². The number of hydrogen-bond acceptors (Lipinski definition) is 4. The lowest BCUT2D eigenvalue weighted by Crippen LogP contribution is -2.07. The van der Waals surface area contributed by atoms with Gasteiger partial charge in [0.1, 0.15) is 5.82 Å². The van der Waals surface area contributed by atoms with Gasteiger partial charge in [0.25, 0.3) is 0 Å². The Hall–Kier alpha value is -1.83. The second kappa shape index (κ2) is 9.46.